The smallest absolute Gasteiger partial charge is 0.171 e. The van der Waals surface area contributed by atoms with Crippen LogP contribution in [0.3, 0.4) is 0 Å². The molecule has 5 heteroatoms. The molecule has 0 saturated heterocycles. The Morgan fingerprint density at radius 3 is 2.47 bits per heavy atom. The summed E-state index contributed by atoms with van der Waals surface area (Å²) in [6.45, 7) is 0. The first kappa shape index (κ1) is 14.3. The minimum Gasteiger partial charge on any atom is -0.294 e. The maximum atomic E-state index is 13.6. The number of ketones is 1. The molecule has 0 amide bonds. The van der Waals surface area contributed by atoms with Crippen molar-refractivity contribution in [3.05, 3.63) is 68.1 Å². The topological polar surface area (TPSA) is 17.1 Å². The molecule has 2 aromatic rings. The molecule has 2 rings (SSSR count). The van der Waals surface area contributed by atoms with Crippen molar-refractivity contribution >= 4 is 37.6 Å². The van der Waals surface area contributed by atoms with E-state index >= 15 is 0 Å². The highest BCUT2D eigenvalue weighted by Gasteiger charge is 2.17. The molecule has 0 fully saturated rings. The Bertz CT molecular complexity index is 621. The van der Waals surface area contributed by atoms with E-state index in [4.69, 9.17) is 0 Å². The Labute approximate surface area is 125 Å². The number of carbonyl (C=O) groups excluding carboxylic acids is 1. The molecule has 0 aliphatic heterocycles. The fraction of sp³-hybridized carbons (Fsp3) is 0.0714. The van der Waals surface area contributed by atoms with Gasteiger partial charge in [-0.2, -0.15) is 0 Å². The lowest BCUT2D eigenvalue weighted by Gasteiger charge is -2.06. The van der Waals surface area contributed by atoms with E-state index in [1.807, 2.05) is 0 Å². The van der Waals surface area contributed by atoms with Gasteiger partial charge in [0.05, 0.1) is 5.56 Å². The summed E-state index contributed by atoms with van der Waals surface area (Å²) in [4.78, 5) is 12.1. The molecular formula is C14H8Br2F2O. The molecule has 0 aliphatic rings. The molecule has 0 unspecified atom stereocenters. The molecule has 1 nitrogen and oxygen atoms in total. The Kier molecular flexibility index (Phi) is 4.47. The molecule has 0 aromatic heterocycles. The lowest BCUT2D eigenvalue weighted by Crippen LogP contribution is -2.08. The first-order chi connectivity index (χ1) is 8.99. The quantitative estimate of drug-likeness (QED) is 0.681. The van der Waals surface area contributed by atoms with E-state index in [1.54, 1.807) is 12.1 Å². The second-order valence-electron chi connectivity index (χ2n) is 3.93. The van der Waals surface area contributed by atoms with Gasteiger partial charge in [-0.1, -0.05) is 22.0 Å². The zero-order chi connectivity index (χ0) is 14.0. The van der Waals surface area contributed by atoms with Crippen LogP contribution in [0.1, 0.15) is 15.9 Å². The van der Waals surface area contributed by atoms with E-state index in [9.17, 15) is 13.6 Å². The third kappa shape index (κ3) is 3.28. The first-order valence-electron chi connectivity index (χ1n) is 5.40. The van der Waals surface area contributed by atoms with Gasteiger partial charge < -0.3 is 0 Å². The maximum Gasteiger partial charge on any atom is 0.171 e. The number of hydrogen-bond acceptors (Lipinski definition) is 1. The van der Waals surface area contributed by atoms with Gasteiger partial charge in [0, 0.05) is 15.4 Å². The maximum absolute atomic E-state index is 13.6. The Balaban J connectivity index is 2.34. The lowest BCUT2D eigenvalue weighted by molar-refractivity contribution is 0.0987. The van der Waals surface area contributed by atoms with Gasteiger partial charge in [-0.25, -0.2) is 8.78 Å². The van der Waals surface area contributed by atoms with E-state index < -0.39 is 17.4 Å². The van der Waals surface area contributed by atoms with Crippen molar-refractivity contribution in [1.29, 1.82) is 0 Å². The predicted octanol–water partition coefficient (Wildman–Crippen LogP) is 4.92. The van der Waals surface area contributed by atoms with Crippen LogP contribution < -0.4 is 0 Å². The molecule has 0 atom stereocenters. The summed E-state index contributed by atoms with van der Waals surface area (Å²) in [6.07, 6.45) is -0.190. The summed E-state index contributed by atoms with van der Waals surface area (Å²) >= 11 is 6.34. The zero-order valence-electron chi connectivity index (χ0n) is 9.59. The highest BCUT2D eigenvalue weighted by molar-refractivity contribution is 9.10. The van der Waals surface area contributed by atoms with Crippen LogP contribution in [0.2, 0.25) is 0 Å². The SMILES string of the molecule is O=C(Cc1cc(Br)ccc1F)c1c(F)cccc1Br. The molecular weight excluding hydrogens is 382 g/mol. The summed E-state index contributed by atoms with van der Waals surface area (Å²) in [5.41, 5.74) is 0.177. The van der Waals surface area contributed by atoms with Crippen LogP contribution in [0.15, 0.2) is 45.3 Å². The molecule has 0 radical (unpaired) electrons. The molecule has 0 bridgehead atoms. The van der Waals surface area contributed by atoms with Crippen molar-refractivity contribution in [1.82, 2.24) is 0 Å². The number of hydrogen-bond donors (Lipinski definition) is 0. The summed E-state index contributed by atoms with van der Waals surface area (Å²) in [5, 5.41) is 0. The molecule has 0 saturated carbocycles. The molecule has 19 heavy (non-hydrogen) atoms. The van der Waals surface area contributed by atoms with Crippen molar-refractivity contribution in [2.75, 3.05) is 0 Å². The second-order valence-corrected chi connectivity index (χ2v) is 5.70. The molecule has 0 N–H and O–H groups in total. The van der Waals surface area contributed by atoms with Crippen LogP contribution in [0.5, 0.6) is 0 Å². The van der Waals surface area contributed by atoms with Crippen molar-refractivity contribution in [2.45, 2.75) is 6.42 Å². The van der Waals surface area contributed by atoms with Gasteiger partial charge in [0.1, 0.15) is 11.6 Å². The van der Waals surface area contributed by atoms with Gasteiger partial charge in [-0.15, -0.1) is 0 Å². The van der Waals surface area contributed by atoms with E-state index in [0.29, 0.717) is 8.95 Å². The number of benzene rings is 2. The summed E-state index contributed by atoms with van der Waals surface area (Å²) in [5.74, 6) is -1.57. The van der Waals surface area contributed by atoms with Crippen LogP contribution in [-0.2, 0) is 6.42 Å². The highest BCUT2D eigenvalue weighted by Crippen LogP contribution is 2.23. The van der Waals surface area contributed by atoms with Gasteiger partial charge in [-0.3, -0.25) is 4.79 Å². The van der Waals surface area contributed by atoms with Crippen molar-refractivity contribution in [3.63, 3.8) is 0 Å². The highest BCUT2D eigenvalue weighted by atomic mass is 79.9. The Hall–Kier alpha value is -1.07. The van der Waals surface area contributed by atoms with E-state index in [2.05, 4.69) is 31.9 Å². The molecule has 0 aliphatic carbocycles. The molecule has 0 heterocycles. The van der Waals surface area contributed by atoms with Gasteiger partial charge in [0.15, 0.2) is 5.78 Å². The fourth-order valence-corrected chi connectivity index (χ4v) is 2.68. The van der Waals surface area contributed by atoms with Gasteiger partial charge >= 0.3 is 0 Å². The predicted molar refractivity (Wildman–Crippen MR) is 76.2 cm³/mol. The molecule has 2 aromatic carbocycles. The van der Waals surface area contributed by atoms with E-state index in [0.717, 1.165) is 0 Å². The largest absolute Gasteiger partial charge is 0.294 e. The third-order valence-electron chi connectivity index (χ3n) is 2.60. The van der Waals surface area contributed by atoms with E-state index in [1.165, 1.54) is 24.3 Å². The summed E-state index contributed by atoms with van der Waals surface area (Å²) < 4.78 is 28.2. The Morgan fingerprint density at radius 2 is 1.79 bits per heavy atom. The number of halogens is 4. The Morgan fingerprint density at radius 1 is 1.05 bits per heavy atom. The van der Waals surface area contributed by atoms with Crippen LogP contribution >= 0.6 is 31.9 Å². The van der Waals surface area contributed by atoms with Gasteiger partial charge in [0.25, 0.3) is 0 Å². The molecule has 0 spiro atoms. The van der Waals surface area contributed by atoms with Crippen molar-refractivity contribution in [2.24, 2.45) is 0 Å². The van der Waals surface area contributed by atoms with Crippen LogP contribution in [0.25, 0.3) is 0 Å². The minimum atomic E-state index is -0.616. The average molecular weight is 390 g/mol. The minimum absolute atomic E-state index is 0.0538. The second kappa shape index (κ2) is 5.92. The lowest BCUT2D eigenvalue weighted by atomic mass is 10.0. The number of rotatable bonds is 3. The third-order valence-corrected chi connectivity index (χ3v) is 3.75. The summed E-state index contributed by atoms with van der Waals surface area (Å²) in [6, 6.07) is 8.60. The van der Waals surface area contributed by atoms with Crippen LogP contribution in [-0.4, -0.2) is 5.78 Å². The van der Waals surface area contributed by atoms with Crippen LogP contribution in [0.4, 0.5) is 8.78 Å². The summed E-state index contributed by atoms with van der Waals surface area (Å²) in [7, 11) is 0. The van der Waals surface area contributed by atoms with Gasteiger partial charge in [-0.05, 0) is 51.8 Å². The monoisotopic (exact) mass is 388 g/mol. The zero-order valence-corrected chi connectivity index (χ0v) is 12.8. The van der Waals surface area contributed by atoms with Crippen molar-refractivity contribution < 1.29 is 13.6 Å². The number of Topliss-reactive ketones (excluding diaryl/α,β-unsaturated/α-hetero) is 1. The van der Waals surface area contributed by atoms with Gasteiger partial charge in [0.2, 0.25) is 0 Å². The van der Waals surface area contributed by atoms with Crippen molar-refractivity contribution in [3.8, 4) is 0 Å². The van der Waals surface area contributed by atoms with Crippen LogP contribution in [0, 0.1) is 11.6 Å². The van der Waals surface area contributed by atoms with E-state index in [-0.39, 0.29) is 17.5 Å². The standard InChI is InChI=1S/C14H8Br2F2O/c15-9-4-5-11(17)8(6-9)7-13(19)14-10(16)2-1-3-12(14)18/h1-6H,7H2. The first-order valence-corrected chi connectivity index (χ1v) is 6.99. The number of carbonyl (C=O) groups is 1. The average Bonchev–Trinajstić information content (AvgIpc) is 2.33. The molecule has 98 valence electrons. The fourth-order valence-electron chi connectivity index (χ4n) is 1.70. The normalized spacial score (nSPS) is 10.5.